The lowest BCUT2D eigenvalue weighted by atomic mass is 9.91. The minimum Gasteiger partial charge on any atom is -0.378 e. The van der Waals surface area contributed by atoms with Gasteiger partial charge >= 0.3 is 0 Å². The highest BCUT2D eigenvalue weighted by Crippen LogP contribution is 2.36. The van der Waals surface area contributed by atoms with Gasteiger partial charge in [0.1, 0.15) is 11.4 Å². The summed E-state index contributed by atoms with van der Waals surface area (Å²) in [7, 11) is 1.71. The number of aromatic nitrogens is 1. The number of fused-ring (bicyclic) bond motifs is 1. The molecule has 0 aliphatic carbocycles. The van der Waals surface area contributed by atoms with Crippen molar-refractivity contribution in [1.29, 1.82) is 0 Å². The van der Waals surface area contributed by atoms with E-state index in [0.29, 0.717) is 0 Å². The molecule has 0 amide bonds. The Labute approximate surface area is 187 Å². The van der Waals surface area contributed by atoms with Crippen LogP contribution < -0.4 is 10.6 Å². The third-order valence-electron chi connectivity index (χ3n) is 5.91. The van der Waals surface area contributed by atoms with Crippen LogP contribution in [0, 0.1) is 5.82 Å². The van der Waals surface area contributed by atoms with E-state index in [1.165, 1.54) is 12.1 Å². The fourth-order valence-electron chi connectivity index (χ4n) is 4.15. The van der Waals surface area contributed by atoms with Gasteiger partial charge in [-0.2, -0.15) is 0 Å². The van der Waals surface area contributed by atoms with E-state index in [4.69, 9.17) is 4.74 Å². The van der Waals surface area contributed by atoms with Crippen LogP contribution in [0.1, 0.15) is 56.3 Å². The number of benzene rings is 2. The van der Waals surface area contributed by atoms with Crippen LogP contribution in [0.15, 0.2) is 48.7 Å². The Morgan fingerprint density at radius 1 is 1.12 bits per heavy atom. The van der Waals surface area contributed by atoms with E-state index in [1.54, 1.807) is 20.2 Å². The largest absolute Gasteiger partial charge is 0.378 e. The molecule has 1 aliphatic heterocycles. The highest BCUT2D eigenvalue weighted by atomic mass is 19.3. The van der Waals surface area contributed by atoms with E-state index in [0.717, 1.165) is 47.7 Å². The van der Waals surface area contributed by atoms with Crippen molar-refractivity contribution in [2.75, 3.05) is 25.5 Å². The van der Waals surface area contributed by atoms with E-state index in [2.05, 4.69) is 15.6 Å². The third kappa shape index (κ3) is 4.59. The van der Waals surface area contributed by atoms with Crippen LogP contribution in [0.3, 0.4) is 0 Å². The third-order valence-corrected chi connectivity index (χ3v) is 5.91. The lowest BCUT2D eigenvalue weighted by Crippen LogP contribution is -2.30. The summed E-state index contributed by atoms with van der Waals surface area (Å²) in [6.45, 7) is 7.35. The van der Waals surface area contributed by atoms with Crippen LogP contribution in [0.25, 0.3) is 10.9 Å². The topological polar surface area (TPSA) is 46.2 Å². The molecule has 0 saturated carbocycles. The van der Waals surface area contributed by atoms with Crippen LogP contribution in [-0.4, -0.2) is 25.2 Å². The van der Waals surface area contributed by atoms with Crippen LogP contribution in [-0.2, 0) is 10.3 Å². The predicted molar refractivity (Wildman–Crippen MR) is 123 cm³/mol. The number of methoxy groups -OCH3 is 1. The highest BCUT2D eigenvalue weighted by Gasteiger charge is 2.35. The van der Waals surface area contributed by atoms with Crippen molar-refractivity contribution in [2.45, 2.75) is 45.3 Å². The molecule has 4 rings (SSSR count). The van der Waals surface area contributed by atoms with Crippen molar-refractivity contribution in [3.8, 4) is 0 Å². The van der Waals surface area contributed by atoms with E-state index in [-0.39, 0.29) is 5.56 Å². The zero-order chi connectivity index (χ0) is 23.3. The molecule has 2 N–H and O–H groups in total. The first-order valence-electron chi connectivity index (χ1n) is 10.9. The summed E-state index contributed by atoms with van der Waals surface area (Å²) in [5.41, 5.74) is 1.80. The molecule has 2 heterocycles. The van der Waals surface area contributed by atoms with Gasteiger partial charge in [0.25, 0.3) is 6.43 Å². The molecule has 0 radical (unpaired) electrons. The van der Waals surface area contributed by atoms with Crippen molar-refractivity contribution < 1.29 is 17.9 Å². The minimum absolute atomic E-state index is 0.197. The molecule has 2 aromatic carbocycles. The van der Waals surface area contributed by atoms with Gasteiger partial charge in [-0.1, -0.05) is 38.1 Å². The molecule has 32 heavy (non-hydrogen) atoms. The molecule has 1 fully saturated rings. The Hall–Kier alpha value is -2.64. The highest BCUT2D eigenvalue weighted by molar-refractivity contribution is 5.91. The summed E-state index contributed by atoms with van der Waals surface area (Å²) in [6.07, 6.45) is -0.321. The summed E-state index contributed by atoms with van der Waals surface area (Å²) in [4.78, 5) is 4.42. The first-order chi connectivity index (χ1) is 15.4. The van der Waals surface area contributed by atoms with Gasteiger partial charge in [-0.05, 0) is 43.7 Å². The molecule has 1 aliphatic rings. The maximum Gasteiger partial charge on any atom is 0.266 e. The number of ether oxygens (including phenoxy) is 1. The van der Waals surface area contributed by atoms with Crippen molar-refractivity contribution >= 4 is 16.6 Å². The Morgan fingerprint density at radius 3 is 2.53 bits per heavy atom. The van der Waals surface area contributed by atoms with Crippen LogP contribution >= 0.6 is 0 Å². The molecule has 3 aromatic rings. The average Bonchev–Trinajstić information content (AvgIpc) is 3.31. The number of alkyl halides is 2. The molecule has 4 nitrogen and oxygen atoms in total. The number of rotatable bonds is 6. The fraction of sp³-hybridized carbons (Fsp3) is 0.400. The molecule has 7 heteroatoms. The fourth-order valence-corrected chi connectivity index (χ4v) is 4.15. The van der Waals surface area contributed by atoms with Gasteiger partial charge in [-0.3, -0.25) is 4.98 Å². The zero-order valence-corrected chi connectivity index (χ0v) is 18.9. The molecular formula is C25H30F3N3O. The SMILES string of the molecule is CC.COC1(c2ccc3nccc(N[C@H](C)c4cccc(C(F)F)c4F)c3c2)CCNC1. The molecule has 0 bridgehead atoms. The van der Waals surface area contributed by atoms with Crippen molar-refractivity contribution in [3.05, 3.63) is 71.2 Å². The normalized spacial score (nSPS) is 19.0. The Morgan fingerprint density at radius 2 is 1.88 bits per heavy atom. The van der Waals surface area contributed by atoms with Crippen molar-refractivity contribution in [2.24, 2.45) is 0 Å². The molecule has 1 unspecified atom stereocenters. The van der Waals surface area contributed by atoms with Crippen LogP contribution in [0.4, 0.5) is 18.9 Å². The minimum atomic E-state index is -2.85. The number of hydrogen-bond acceptors (Lipinski definition) is 4. The van der Waals surface area contributed by atoms with Crippen molar-refractivity contribution in [1.82, 2.24) is 10.3 Å². The first kappa shape index (κ1) is 24.0. The number of hydrogen-bond donors (Lipinski definition) is 2. The molecule has 172 valence electrons. The lowest BCUT2D eigenvalue weighted by molar-refractivity contribution is 0.00336. The second-order valence-electron chi connectivity index (χ2n) is 7.63. The second-order valence-corrected chi connectivity index (χ2v) is 7.63. The summed E-state index contributed by atoms with van der Waals surface area (Å²) in [6, 6.07) is 11.4. The van der Waals surface area contributed by atoms with E-state index in [1.807, 2.05) is 38.1 Å². The van der Waals surface area contributed by atoms with E-state index < -0.39 is 29.4 Å². The first-order valence-corrected chi connectivity index (χ1v) is 10.9. The summed E-state index contributed by atoms with van der Waals surface area (Å²) in [5, 5.41) is 7.49. The zero-order valence-electron chi connectivity index (χ0n) is 18.9. The van der Waals surface area contributed by atoms with Crippen LogP contribution in [0.5, 0.6) is 0 Å². The van der Waals surface area contributed by atoms with Crippen LogP contribution in [0.2, 0.25) is 0 Å². The smallest absolute Gasteiger partial charge is 0.266 e. The maximum atomic E-state index is 14.6. The number of halogens is 3. The standard InChI is InChI=1S/C23H24F3N3O.C2H6/c1-14(16-4-3-5-17(21(16)24)22(25)26)29-20-8-10-28-19-7-6-15(12-18(19)20)23(30-2)9-11-27-13-23;1-2/h3-8,10,12,14,22,27H,9,11,13H2,1-2H3,(H,28,29);1-2H3/t14-,23?;/m1./s1. The Kier molecular flexibility index (Phi) is 7.74. The molecule has 0 spiro atoms. The number of nitrogens with one attached hydrogen (secondary N) is 2. The Bertz CT molecular complexity index is 1050. The van der Waals surface area contributed by atoms with Gasteiger partial charge < -0.3 is 15.4 Å². The van der Waals surface area contributed by atoms with Gasteiger partial charge in [0.2, 0.25) is 0 Å². The van der Waals surface area contributed by atoms with Gasteiger partial charge in [0.05, 0.1) is 17.1 Å². The lowest BCUT2D eigenvalue weighted by Gasteiger charge is -2.28. The van der Waals surface area contributed by atoms with Gasteiger partial charge in [-0.25, -0.2) is 13.2 Å². The Balaban J connectivity index is 0.00000141. The molecule has 2 atom stereocenters. The number of anilines is 1. The summed E-state index contributed by atoms with van der Waals surface area (Å²) >= 11 is 0. The molecular weight excluding hydrogens is 415 g/mol. The maximum absolute atomic E-state index is 14.6. The predicted octanol–water partition coefficient (Wildman–Crippen LogP) is 6.35. The number of pyridine rings is 1. The second kappa shape index (κ2) is 10.3. The van der Waals surface area contributed by atoms with Gasteiger partial charge in [-0.15, -0.1) is 0 Å². The van der Waals surface area contributed by atoms with Crippen molar-refractivity contribution in [3.63, 3.8) is 0 Å². The van der Waals surface area contributed by atoms with E-state index >= 15 is 0 Å². The quantitative estimate of drug-likeness (QED) is 0.464. The van der Waals surface area contributed by atoms with Gasteiger partial charge in [0.15, 0.2) is 0 Å². The van der Waals surface area contributed by atoms with E-state index in [9.17, 15) is 13.2 Å². The van der Waals surface area contributed by atoms with Gasteiger partial charge in [0, 0.05) is 36.5 Å². The molecule has 1 aromatic heterocycles. The average molecular weight is 446 g/mol. The number of nitrogens with zero attached hydrogens (tertiary/aromatic N) is 1. The monoisotopic (exact) mass is 445 g/mol. The summed E-state index contributed by atoms with van der Waals surface area (Å²) in [5.74, 6) is -0.873. The molecule has 1 saturated heterocycles. The summed E-state index contributed by atoms with van der Waals surface area (Å²) < 4.78 is 46.6.